The van der Waals surface area contributed by atoms with Crippen LogP contribution in [0.25, 0.3) is 6.08 Å². The predicted octanol–water partition coefficient (Wildman–Crippen LogP) is 3.42. The van der Waals surface area contributed by atoms with Crippen molar-refractivity contribution in [1.29, 1.82) is 0 Å². The number of hydrogen-bond donors (Lipinski definition) is 0. The smallest absolute Gasteiger partial charge is 0.0231 e. The van der Waals surface area contributed by atoms with Crippen LogP contribution in [0.5, 0.6) is 0 Å². The zero-order valence-corrected chi connectivity index (χ0v) is 7.17. The molecule has 0 heterocycles. The summed E-state index contributed by atoms with van der Waals surface area (Å²) in [5.41, 5.74) is 2.67. The molecule has 0 spiro atoms. The normalized spacial score (nSPS) is 10.7. The van der Waals surface area contributed by atoms with E-state index in [1.807, 2.05) is 0 Å². The average molecular weight is 146 g/mol. The van der Waals surface area contributed by atoms with Crippen molar-refractivity contribution >= 4 is 6.08 Å². The molecule has 0 unspecified atom stereocenters. The summed E-state index contributed by atoms with van der Waals surface area (Å²) in [6.07, 6.45) is 5.46. The van der Waals surface area contributed by atoms with Crippen LogP contribution in [0.3, 0.4) is 0 Å². The Hall–Kier alpha value is -1.04. The van der Waals surface area contributed by atoms with Crippen molar-refractivity contribution in [2.75, 3.05) is 0 Å². The van der Waals surface area contributed by atoms with Crippen LogP contribution in [0.1, 0.15) is 24.5 Å². The summed E-state index contributed by atoms with van der Waals surface area (Å²) in [6.45, 7) is 4.28. The lowest BCUT2D eigenvalue weighted by molar-refractivity contribution is 1.23. The Morgan fingerprint density at radius 2 is 2.00 bits per heavy atom. The number of benzene rings is 1. The van der Waals surface area contributed by atoms with Gasteiger partial charge in [0.1, 0.15) is 0 Å². The molecule has 1 aromatic carbocycles. The fourth-order valence-electron chi connectivity index (χ4n) is 1.02. The molecule has 0 bridgehead atoms. The van der Waals surface area contributed by atoms with Crippen molar-refractivity contribution in [1.82, 2.24) is 0 Å². The fraction of sp³-hybridized carbons (Fsp3) is 0.273. The highest BCUT2D eigenvalue weighted by Crippen LogP contribution is 2.08. The minimum atomic E-state index is 1.11. The number of rotatable bonds is 2. The maximum atomic E-state index is 2.18. The Morgan fingerprint density at radius 3 is 2.64 bits per heavy atom. The van der Waals surface area contributed by atoms with E-state index in [4.69, 9.17) is 0 Å². The van der Waals surface area contributed by atoms with Gasteiger partial charge in [-0.2, -0.15) is 0 Å². The van der Waals surface area contributed by atoms with E-state index in [0.29, 0.717) is 0 Å². The molecule has 0 radical (unpaired) electrons. The highest BCUT2D eigenvalue weighted by molar-refractivity contribution is 5.52. The molecular weight excluding hydrogens is 132 g/mol. The average Bonchev–Trinajstić information content (AvgIpc) is 2.03. The summed E-state index contributed by atoms with van der Waals surface area (Å²) in [5.74, 6) is 0. The van der Waals surface area contributed by atoms with Crippen molar-refractivity contribution in [3.05, 3.63) is 41.5 Å². The molecular formula is C11H14. The van der Waals surface area contributed by atoms with Gasteiger partial charge in [0.05, 0.1) is 0 Å². The molecule has 0 amide bonds. The molecule has 58 valence electrons. The third-order valence-corrected chi connectivity index (χ3v) is 1.72. The van der Waals surface area contributed by atoms with Crippen molar-refractivity contribution in [2.24, 2.45) is 0 Å². The van der Waals surface area contributed by atoms with Crippen LogP contribution in [0.15, 0.2) is 30.3 Å². The van der Waals surface area contributed by atoms with E-state index >= 15 is 0 Å². The van der Waals surface area contributed by atoms with Gasteiger partial charge in [-0.1, -0.05) is 43.3 Å². The molecule has 1 rings (SSSR count). The molecule has 0 nitrogen and oxygen atoms in total. The molecule has 1 aromatic rings. The van der Waals surface area contributed by atoms with Gasteiger partial charge in [0.15, 0.2) is 0 Å². The van der Waals surface area contributed by atoms with Gasteiger partial charge in [-0.05, 0) is 24.5 Å². The first-order valence-corrected chi connectivity index (χ1v) is 4.06. The van der Waals surface area contributed by atoms with E-state index in [-0.39, 0.29) is 0 Å². The Bertz CT molecular complexity index is 246. The Morgan fingerprint density at radius 1 is 1.27 bits per heavy atom. The SMILES string of the molecule is CC/C=C\c1ccccc1C. The second-order valence-corrected chi connectivity index (χ2v) is 2.67. The van der Waals surface area contributed by atoms with Crippen LogP contribution < -0.4 is 0 Å². The zero-order chi connectivity index (χ0) is 8.10. The highest BCUT2D eigenvalue weighted by Gasteiger charge is 1.88. The van der Waals surface area contributed by atoms with Crippen LogP contribution in [0, 0.1) is 6.92 Å². The first-order valence-electron chi connectivity index (χ1n) is 4.06. The predicted molar refractivity (Wildman–Crippen MR) is 50.5 cm³/mol. The molecule has 0 N–H and O–H groups in total. The molecule has 0 aliphatic heterocycles. The van der Waals surface area contributed by atoms with Crippen LogP contribution in [0.4, 0.5) is 0 Å². The van der Waals surface area contributed by atoms with E-state index in [1.54, 1.807) is 0 Å². The first kappa shape index (κ1) is 8.06. The molecule has 0 heteroatoms. The second-order valence-electron chi connectivity index (χ2n) is 2.67. The maximum absolute atomic E-state index is 2.18. The van der Waals surface area contributed by atoms with E-state index in [0.717, 1.165) is 6.42 Å². The molecule has 11 heavy (non-hydrogen) atoms. The van der Waals surface area contributed by atoms with Crippen molar-refractivity contribution in [2.45, 2.75) is 20.3 Å². The minimum absolute atomic E-state index is 1.11. The van der Waals surface area contributed by atoms with Crippen LogP contribution >= 0.6 is 0 Å². The van der Waals surface area contributed by atoms with Crippen LogP contribution in [0.2, 0.25) is 0 Å². The summed E-state index contributed by atoms with van der Waals surface area (Å²) in [5, 5.41) is 0. The molecule has 0 saturated carbocycles. The Kier molecular flexibility index (Phi) is 2.91. The van der Waals surface area contributed by atoms with Gasteiger partial charge in [0.2, 0.25) is 0 Å². The first-order chi connectivity index (χ1) is 5.34. The maximum Gasteiger partial charge on any atom is -0.0231 e. The van der Waals surface area contributed by atoms with E-state index in [2.05, 4.69) is 50.3 Å². The summed E-state index contributed by atoms with van der Waals surface area (Å²) in [7, 11) is 0. The van der Waals surface area contributed by atoms with Gasteiger partial charge in [-0.15, -0.1) is 0 Å². The Labute approximate surface area is 68.6 Å². The van der Waals surface area contributed by atoms with E-state index in [9.17, 15) is 0 Å². The highest BCUT2D eigenvalue weighted by atomic mass is 13.9. The quantitative estimate of drug-likeness (QED) is 0.599. The summed E-state index contributed by atoms with van der Waals surface area (Å²) < 4.78 is 0. The molecule has 0 atom stereocenters. The molecule has 0 aromatic heterocycles. The molecule has 0 aliphatic carbocycles. The lowest BCUT2D eigenvalue weighted by Gasteiger charge is -1.96. The number of aryl methyl sites for hydroxylation is 1. The lowest BCUT2D eigenvalue weighted by atomic mass is 10.1. The topological polar surface area (TPSA) is 0 Å². The standard InChI is InChI=1S/C11H14/c1-3-4-8-11-9-6-5-7-10(11)2/h4-9H,3H2,1-2H3/b8-4-. The van der Waals surface area contributed by atoms with Gasteiger partial charge < -0.3 is 0 Å². The van der Waals surface area contributed by atoms with E-state index < -0.39 is 0 Å². The summed E-state index contributed by atoms with van der Waals surface area (Å²) in [6, 6.07) is 8.41. The van der Waals surface area contributed by atoms with Gasteiger partial charge in [0, 0.05) is 0 Å². The van der Waals surface area contributed by atoms with Crippen LogP contribution in [-0.4, -0.2) is 0 Å². The Balaban J connectivity index is 2.86. The van der Waals surface area contributed by atoms with Gasteiger partial charge in [-0.25, -0.2) is 0 Å². The largest absolute Gasteiger partial charge is 0.0842 e. The zero-order valence-electron chi connectivity index (χ0n) is 7.17. The lowest BCUT2D eigenvalue weighted by Crippen LogP contribution is -1.76. The number of allylic oxidation sites excluding steroid dienone is 1. The summed E-state index contributed by atoms with van der Waals surface area (Å²) >= 11 is 0. The third-order valence-electron chi connectivity index (χ3n) is 1.72. The van der Waals surface area contributed by atoms with Gasteiger partial charge >= 0.3 is 0 Å². The van der Waals surface area contributed by atoms with Gasteiger partial charge in [-0.3, -0.25) is 0 Å². The fourth-order valence-corrected chi connectivity index (χ4v) is 1.02. The van der Waals surface area contributed by atoms with E-state index in [1.165, 1.54) is 11.1 Å². The van der Waals surface area contributed by atoms with Crippen molar-refractivity contribution in [3.8, 4) is 0 Å². The van der Waals surface area contributed by atoms with Gasteiger partial charge in [0.25, 0.3) is 0 Å². The molecule has 0 fully saturated rings. The second kappa shape index (κ2) is 3.97. The van der Waals surface area contributed by atoms with Crippen molar-refractivity contribution in [3.63, 3.8) is 0 Å². The molecule has 0 saturated heterocycles. The van der Waals surface area contributed by atoms with Crippen molar-refractivity contribution < 1.29 is 0 Å². The van der Waals surface area contributed by atoms with Crippen LogP contribution in [-0.2, 0) is 0 Å². The third kappa shape index (κ3) is 2.23. The number of hydrogen-bond acceptors (Lipinski definition) is 0. The molecule has 0 aliphatic rings. The minimum Gasteiger partial charge on any atom is -0.0842 e. The monoisotopic (exact) mass is 146 g/mol. The summed E-state index contributed by atoms with van der Waals surface area (Å²) in [4.78, 5) is 0.